The fourth-order valence-electron chi connectivity index (χ4n) is 2.52. The minimum absolute atomic E-state index is 0.0182. The van der Waals surface area contributed by atoms with Crippen molar-refractivity contribution >= 4 is 40.6 Å². The summed E-state index contributed by atoms with van der Waals surface area (Å²) in [6.45, 7) is 0. The monoisotopic (exact) mass is 444 g/mol. The Morgan fingerprint density at radius 2 is 1.81 bits per heavy atom. The number of halogens is 1. The van der Waals surface area contributed by atoms with Gasteiger partial charge in [0.15, 0.2) is 5.16 Å². The molecular formula is C19H17FN6O4S. The molecule has 31 heavy (non-hydrogen) atoms. The molecule has 0 spiro atoms. The van der Waals surface area contributed by atoms with E-state index in [9.17, 15) is 24.1 Å². The Bertz CT molecular complexity index is 1120. The van der Waals surface area contributed by atoms with E-state index in [0.717, 1.165) is 11.8 Å². The first-order chi connectivity index (χ1) is 14.8. The molecule has 2 amide bonds. The van der Waals surface area contributed by atoms with Crippen molar-refractivity contribution in [2.24, 2.45) is 7.05 Å². The maximum atomic E-state index is 13.6. The van der Waals surface area contributed by atoms with Crippen LogP contribution >= 0.6 is 11.8 Å². The molecule has 3 aromatic rings. The highest BCUT2D eigenvalue weighted by Crippen LogP contribution is 2.19. The summed E-state index contributed by atoms with van der Waals surface area (Å²) >= 11 is 1.11. The molecule has 1 heterocycles. The van der Waals surface area contributed by atoms with E-state index in [0.29, 0.717) is 16.7 Å². The van der Waals surface area contributed by atoms with Gasteiger partial charge >= 0.3 is 0 Å². The average molecular weight is 444 g/mol. The van der Waals surface area contributed by atoms with E-state index >= 15 is 0 Å². The zero-order valence-corrected chi connectivity index (χ0v) is 17.1. The van der Waals surface area contributed by atoms with Crippen molar-refractivity contribution in [2.75, 3.05) is 16.4 Å². The SMILES string of the molecule is Cn1c(CC(=O)Nc2ccccc2F)nnc1SCC(=O)Nc1ccc([N+](=O)[O-])cc1. The second-order valence-corrected chi connectivity index (χ2v) is 7.25. The number of benzene rings is 2. The number of hydrogen-bond donors (Lipinski definition) is 2. The molecule has 12 heteroatoms. The van der Waals surface area contributed by atoms with E-state index in [4.69, 9.17) is 0 Å². The minimum atomic E-state index is -0.538. The molecule has 3 rings (SSSR count). The fourth-order valence-corrected chi connectivity index (χ4v) is 3.25. The van der Waals surface area contributed by atoms with Crippen LogP contribution in [0, 0.1) is 15.9 Å². The molecule has 0 fully saturated rings. The van der Waals surface area contributed by atoms with Crippen LogP contribution in [0.3, 0.4) is 0 Å². The summed E-state index contributed by atoms with van der Waals surface area (Å²) in [4.78, 5) is 34.4. The Morgan fingerprint density at radius 3 is 2.48 bits per heavy atom. The molecule has 0 aliphatic carbocycles. The minimum Gasteiger partial charge on any atom is -0.325 e. The number of hydrogen-bond acceptors (Lipinski definition) is 7. The number of aromatic nitrogens is 3. The third-order valence-electron chi connectivity index (χ3n) is 4.09. The molecule has 0 saturated carbocycles. The lowest BCUT2D eigenvalue weighted by molar-refractivity contribution is -0.384. The fraction of sp³-hybridized carbons (Fsp3) is 0.158. The van der Waals surface area contributed by atoms with Gasteiger partial charge in [-0.05, 0) is 24.3 Å². The standard InChI is InChI=1S/C19H17FN6O4S/c1-25-16(10-17(27)22-15-5-3-2-4-14(15)20)23-24-19(25)31-11-18(28)21-12-6-8-13(9-7-12)26(29)30/h2-9H,10-11H2,1H3,(H,21,28)(H,22,27). The second kappa shape index (κ2) is 9.80. The van der Waals surface area contributed by atoms with Gasteiger partial charge in [0.25, 0.3) is 5.69 Å². The number of anilines is 2. The van der Waals surface area contributed by atoms with E-state index in [1.54, 1.807) is 17.7 Å². The number of thioether (sulfide) groups is 1. The first-order valence-corrected chi connectivity index (χ1v) is 9.92. The van der Waals surface area contributed by atoms with Crippen LogP contribution in [0.5, 0.6) is 0 Å². The maximum absolute atomic E-state index is 13.6. The van der Waals surface area contributed by atoms with Crippen molar-refractivity contribution in [1.82, 2.24) is 14.8 Å². The Kier molecular flexibility index (Phi) is 6.92. The predicted octanol–water partition coefficient (Wildman–Crippen LogP) is 2.77. The summed E-state index contributed by atoms with van der Waals surface area (Å²) < 4.78 is 15.2. The number of para-hydroxylation sites is 1. The van der Waals surface area contributed by atoms with E-state index in [2.05, 4.69) is 20.8 Å². The van der Waals surface area contributed by atoms with Crippen molar-refractivity contribution in [1.29, 1.82) is 0 Å². The molecule has 0 aliphatic heterocycles. The summed E-state index contributed by atoms with van der Waals surface area (Å²) in [7, 11) is 1.66. The van der Waals surface area contributed by atoms with E-state index in [1.807, 2.05) is 0 Å². The van der Waals surface area contributed by atoms with Gasteiger partial charge in [-0.2, -0.15) is 0 Å². The summed E-state index contributed by atoms with van der Waals surface area (Å²) in [6, 6.07) is 11.3. The first kappa shape index (κ1) is 21.9. The number of carbonyl (C=O) groups excluding carboxylic acids is 2. The molecule has 160 valence electrons. The topological polar surface area (TPSA) is 132 Å². The third kappa shape index (κ3) is 5.85. The first-order valence-electron chi connectivity index (χ1n) is 8.93. The van der Waals surface area contributed by atoms with Gasteiger partial charge in [0.05, 0.1) is 22.8 Å². The number of nitro groups is 1. The molecule has 2 N–H and O–H groups in total. The maximum Gasteiger partial charge on any atom is 0.269 e. The average Bonchev–Trinajstić information content (AvgIpc) is 3.08. The summed E-state index contributed by atoms with van der Waals surface area (Å²) in [5.74, 6) is -0.949. The second-order valence-electron chi connectivity index (χ2n) is 6.30. The molecule has 2 aromatic carbocycles. The van der Waals surface area contributed by atoms with Crippen LogP contribution < -0.4 is 10.6 Å². The number of nitro benzene ring substituents is 1. The molecule has 0 aliphatic rings. The normalized spacial score (nSPS) is 10.5. The summed E-state index contributed by atoms with van der Waals surface area (Å²) in [5, 5.41) is 24.1. The number of rotatable bonds is 8. The molecular weight excluding hydrogens is 427 g/mol. The Hall–Kier alpha value is -3.80. The lowest BCUT2D eigenvalue weighted by Gasteiger charge is -2.07. The van der Waals surface area contributed by atoms with Gasteiger partial charge < -0.3 is 15.2 Å². The van der Waals surface area contributed by atoms with Crippen LogP contribution in [0.1, 0.15) is 5.82 Å². The highest BCUT2D eigenvalue weighted by atomic mass is 32.2. The number of nitrogens with one attached hydrogen (secondary N) is 2. The van der Waals surface area contributed by atoms with Gasteiger partial charge in [0.2, 0.25) is 11.8 Å². The van der Waals surface area contributed by atoms with Crippen LogP contribution in [0.25, 0.3) is 0 Å². The Labute approximate surface area is 180 Å². The van der Waals surface area contributed by atoms with Gasteiger partial charge in [-0.1, -0.05) is 23.9 Å². The van der Waals surface area contributed by atoms with Crippen molar-refractivity contribution in [3.8, 4) is 0 Å². The molecule has 0 saturated heterocycles. The van der Waals surface area contributed by atoms with Crippen molar-refractivity contribution in [3.63, 3.8) is 0 Å². The molecule has 0 bridgehead atoms. The lowest BCUT2D eigenvalue weighted by atomic mass is 10.3. The van der Waals surface area contributed by atoms with Crippen LogP contribution in [0.2, 0.25) is 0 Å². The predicted molar refractivity (Wildman–Crippen MR) is 112 cm³/mol. The van der Waals surface area contributed by atoms with Gasteiger partial charge in [0.1, 0.15) is 11.6 Å². The quantitative estimate of drug-likeness (QED) is 0.310. The van der Waals surface area contributed by atoms with Crippen molar-refractivity contribution in [2.45, 2.75) is 11.6 Å². The number of non-ortho nitro benzene ring substituents is 1. The van der Waals surface area contributed by atoms with Crippen LogP contribution in [-0.2, 0) is 23.1 Å². The van der Waals surface area contributed by atoms with Gasteiger partial charge in [-0.15, -0.1) is 10.2 Å². The number of nitrogens with zero attached hydrogens (tertiary/aromatic N) is 4. The zero-order chi connectivity index (χ0) is 22.4. The highest BCUT2D eigenvalue weighted by Gasteiger charge is 2.15. The Balaban J connectivity index is 1.52. The third-order valence-corrected chi connectivity index (χ3v) is 5.11. The van der Waals surface area contributed by atoms with Crippen LogP contribution in [-0.4, -0.2) is 37.3 Å². The van der Waals surface area contributed by atoms with Crippen LogP contribution in [0.15, 0.2) is 53.7 Å². The number of amides is 2. The summed E-state index contributed by atoms with van der Waals surface area (Å²) in [6.07, 6.45) is -0.118. The molecule has 0 radical (unpaired) electrons. The van der Waals surface area contributed by atoms with Gasteiger partial charge in [0, 0.05) is 24.9 Å². The van der Waals surface area contributed by atoms with Gasteiger partial charge in [-0.3, -0.25) is 19.7 Å². The lowest BCUT2D eigenvalue weighted by Crippen LogP contribution is -2.18. The Morgan fingerprint density at radius 1 is 1.10 bits per heavy atom. The van der Waals surface area contributed by atoms with E-state index in [1.165, 1.54) is 42.5 Å². The zero-order valence-electron chi connectivity index (χ0n) is 16.2. The molecule has 10 nitrogen and oxygen atoms in total. The number of carbonyl (C=O) groups is 2. The van der Waals surface area contributed by atoms with Crippen LogP contribution in [0.4, 0.5) is 21.5 Å². The molecule has 1 aromatic heterocycles. The smallest absolute Gasteiger partial charge is 0.269 e. The van der Waals surface area contributed by atoms with Crippen molar-refractivity contribution < 1.29 is 18.9 Å². The van der Waals surface area contributed by atoms with E-state index < -0.39 is 16.6 Å². The van der Waals surface area contributed by atoms with E-state index in [-0.39, 0.29) is 29.5 Å². The molecule has 0 atom stereocenters. The van der Waals surface area contributed by atoms with Gasteiger partial charge in [-0.25, -0.2) is 4.39 Å². The highest BCUT2D eigenvalue weighted by molar-refractivity contribution is 7.99. The largest absolute Gasteiger partial charge is 0.325 e. The summed E-state index contributed by atoms with van der Waals surface area (Å²) in [5.41, 5.74) is 0.435. The van der Waals surface area contributed by atoms with Crippen molar-refractivity contribution in [3.05, 3.63) is 70.3 Å². The molecule has 0 unspecified atom stereocenters.